The van der Waals surface area contributed by atoms with Crippen molar-refractivity contribution in [1.29, 1.82) is 0 Å². The molecule has 1 aromatic rings. The molecule has 0 saturated heterocycles. The molecule has 6 nitrogen and oxygen atoms in total. The first kappa shape index (κ1) is 9.42. The first-order chi connectivity index (χ1) is 6.29. The average Bonchev–Trinajstić information content (AvgIpc) is 2.50. The second-order valence-corrected chi connectivity index (χ2v) is 4.61. The third-order valence-corrected chi connectivity index (χ3v) is 2.87. The minimum absolute atomic E-state index is 0.532. The van der Waals surface area contributed by atoms with Crippen molar-refractivity contribution in [3.05, 3.63) is 11.4 Å². The fraction of sp³-hybridized carbons (Fsp3) is 0.750. The smallest absolute Gasteiger partial charge is 0.127 e. The third kappa shape index (κ3) is 0.821. The summed E-state index contributed by atoms with van der Waals surface area (Å²) in [7, 11) is 0. The van der Waals surface area contributed by atoms with Crippen molar-refractivity contribution < 1.29 is 10.4 Å². The van der Waals surface area contributed by atoms with Gasteiger partial charge in [0.15, 0.2) is 0 Å². The van der Waals surface area contributed by atoms with E-state index in [0.717, 1.165) is 4.85 Å². The molecule has 0 bridgehead atoms. The van der Waals surface area contributed by atoms with Gasteiger partial charge in [-0.05, 0) is 32.9 Å². The van der Waals surface area contributed by atoms with Gasteiger partial charge in [-0.15, -0.1) is 5.10 Å². The largest absolute Gasteiger partial charge is 0.410 e. The average molecular weight is 198 g/mol. The second kappa shape index (κ2) is 2.26. The molecule has 1 aromatic heterocycles. The summed E-state index contributed by atoms with van der Waals surface area (Å²) in [4.78, 5) is 0.729. The number of rotatable bonds is 0. The molecular formula is C8H14N4O2. The molecule has 14 heavy (non-hydrogen) atoms. The van der Waals surface area contributed by atoms with Crippen LogP contribution in [0.3, 0.4) is 0 Å². The minimum atomic E-state index is -0.683. The molecule has 0 unspecified atom stereocenters. The van der Waals surface area contributed by atoms with Crippen LogP contribution in [0.2, 0.25) is 0 Å². The van der Waals surface area contributed by atoms with Crippen LogP contribution >= 0.6 is 0 Å². The van der Waals surface area contributed by atoms with Gasteiger partial charge >= 0.3 is 0 Å². The molecule has 0 fully saturated rings. The lowest BCUT2D eigenvalue weighted by atomic mass is 10.0. The molecule has 1 aliphatic heterocycles. The van der Waals surface area contributed by atoms with Gasteiger partial charge in [-0.25, -0.2) is 0 Å². The van der Waals surface area contributed by atoms with Crippen LogP contribution in [-0.4, -0.2) is 30.6 Å². The summed E-state index contributed by atoms with van der Waals surface area (Å²) in [6.45, 7) is 7.26. The van der Waals surface area contributed by atoms with Crippen molar-refractivity contribution in [2.45, 2.75) is 38.8 Å². The first-order valence-electron chi connectivity index (χ1n) is 4.44. The molecule has 0 atom stereocenters. The highest BCUT2D eigenvalue weighted by molar-refractivity contribution is 5.31. The zero-order chi connectivity index (χ0) is 10.7. The van der Waals surface area contributed by atoms with E-state index in [-0.39, 0.29) is 0 Å². The van der Waals surface area contributed by atoms with Crippen LogP contribution < -0.4 is 0 Å². The van der Waals surface area contributed by atoms with E-state index in [0.29, 0.717) is 11.4 Å². The highest BCUT2D eigenvalue weighted by Crippen LogP contribution is 2.46. The molecular weight excluding hydrogens is 184 g/mol. The quantitative estimate of drug-likeness (QED) is 0.600. The van der Waals surface area contributed by atoms with Crippen molar-refractivity contribution in [3.8, 4) is 0 Å². The predicted octanol–water partition coefficient (Wildman–Crippen LogP) is 0.690. The van der Waals surface area contributed by atoms with Gasteiger partial charge in [-0.3, -0.25) is 0 Å². The fourth-order valence-electron chi connectivity index (χ4n) is 2.12. The zero-order valence-corrected chi connectivity index (χ0v) is 8.68. The van der Waals surface area contributed by atoms with Crippen LogP contribution in [0.5, 0.6) is 0 Å². The Bertz CT molecular complexity index is 383. The van der Waals surface area contributed by atoms with Gasteiger partial charge in [0.2, 0.25) is 0 Å². The maximum atomic E-state index is 9.96. The minimum Gasteiger partial charge on any atom is -0.410 e. The number of hydrogen-bond donors (Lipinski definition) is 2. The standard InChI is InChI=1S/C8H14N4O2/c1-7(2)5-6(11(13)10-9-5)8(3,4)12(7)14/h13-14H,1-4H3. The molecule has 6 heteroatoms. The van der Waals surface area contributed by atoms with Gasteiger partial charge in [-0.1, -0.05) is 4.85 Å². The lowest BCUT2D eigenvalue weighted by molar-refractivity contribution is -0.220. The Labute approximate surface area is 81.7 Å². The summed E-state index contributed by atoms with van der Waals surface area (Å²) in [6.07, 6.45) is 0. The van der Waals surface area contributed by atoms with Crippen molar-refractivity contribution in [1.82, 2.24) is 20.2 Å². The Hall–Kier alpha value is -1.14. The normalized spacial score (nSPS) is 23.8. The van der Waals surface area contributed by atoms with Gasteiger partial charge < -0.3 is 10.4 Å². The van der Waals surface area contributed by atoms with Crippen LogP contribution in [0.1, 0.15) is 39.1 Å². The molecule has 78 valence electrons. The summed E-state index contributed by atoms with van der Waals surface area (Å²) in [5.74, 6) is 0. The highest BCUT2D eigenvalue weighted by Gasteiger charge is 2.53. The topological polar surface area (TPSA) is 74.4 Å². The van der Waals surface area contributed by atoms with E-state index in [9.17, 15) is 10.4 Å². The molecule has 2 rings (SSSR count). The lowest BCUT2D eigenvalue weighted by Crippen LogP contribution is -2.43. The van der Waals surface area contributed by atoms with Crippen LogP contribution in [0.4, 0.5) is 0 Å². The summed E-state index contributed by atoms with van der Waals surface area (Å²) in [5.41, 5.74) is -0.172. The third-order valence-electron chi connectivity index (χ3n) is 2.87. The number of fused-ring (bicyclic) bond motifs is 1. The lowest BCUT2D eigenvalue weighted by Gasteiger charge is -2.34. The van der Waals surface area contributed by atoms with Crippen molar-refractivity contribution >= 4 is 0 Å². The highest BCUT2D eigenvalue weighted by atomic mass is 16.5. The maximum absolute atomic E-state index is 9.96. The van der Waals surface area contributed by atoms with Crippen molar-refractivity contribution in [2.24, 2.45) is 0 Å². The van der Waals surface area contributed by atoms with E-state index in [4.69, 9.17) is 0 Å². The Morgan fingerprint density at radius 1 is 1.07 bits per heavy atom. The van der Waals surface area contributed by atoms with Gasteiger partial charge in [0.25, 0.3) is 0 Å². The summed E-state index contributed by atoms with van der Waals surface area (Å²) in [5, 5.41) is 28.0. The fourth-order valence-corrected chi connectivity index (χ4v) is 2.12. The monoisotopic (exact) mass is 198 g/mol. The molecule has 0 aliphatic carbocycles. The maximum Gasteiger partial charge on any atom is 0.127 e. The van der Waals surface area contributed by atoms with E-state index in [1.54, 1.807) is 13.8 Å². The Kier molecular flexibility index (Phi) is 1.52. The van der Waals surface area contributed by atoms with Gasteiger partial charge in [0.1, 0.15) is 11.4 Å². The van der Waals surface area contributed by atoms with E-state index in [1.807, 2.05) is 13.8 Å². The molecule has 0 spiro atoms. The summed E-state index contributed by atoms with van der Waals surface area (Å²) < 4.78 is 0. The summed E-state index contributed by atoms with van der Waals surface area (Å²) in [6, 6.07) is 0. The number of nitrogens with zero attached hydrogens (tertiary/aromatic N) is 4. The molecule has 2 heterocycles. The van der Waals surface area contributed by atoms with Crippen LogP contribution in [0.25, 0.3) is 0 Å². The molecule has 0 saturated carbocycles. The first-order valence-corrected chi connectivity index (χ1v) is 4.44. The van der Waals surface area contributed by atoms with Crippen LogP contribution in [0, 0.1) is 0 Å². The van der Waals surface area contributed by atoms with Crippen LogP contribution in [-0.2, 0) is 11.1 Å². The Morgan fingerprint density at radius 3 is 2.14 bits per heavy atom. The van der Waals surface area contributed by atoms with Gasteiger partial charge in [0.05, 0.1) is 11.1 Å². The Balaban J connectivity index is 2.71. The number of hydroxylamine groups is 2. The van der Waals surface area contributed by atoms with Gasteiger partial charge in [0, 0.05) is 0 Å². The molecule has 1 aliphatic rings. The number of aromatic nitrogens is 3. The molecule has 0 aromatic carbocycles. The van der Waals surface area contributed by atoms with E-state index < -0.39 is 11.1 Å². The second-order valence-electron chi connectivity index (χ2n) is 4.61. The molecule has 2 N–H and O–H groups in total. The Morgan fingerprint density at radius 2 is 1.64 bits per heavy atom. The van der Waals surface area contributed by atoms with Crippen molar-refractivity contribution in [2.75, 3.05) is 0 Å². The predicted molar refractivity (Wildman–Crippen MR) is 46.9 cm³/mol. The number of hydrogen-bond acceptors (Lipinski definition) is 5. The van der Waals surface area contributed by atoms with Crippen molar-refractivity contribution in [3.63, 3.8) is 0 Å². The zero-order valence-electron chi connectivity index (χ0n) is 8.68. The van der Waals surface area contributed by atoms with Crippen LogP contribution in [0.15, 0.2) is 0 Å². The molecule has 0 amide bonds. The molecule has 0 radical (unpaired) electrons. The summed E-state index contributed by atoms with van der Waals surface area (Å²) >= 11 is 0. The van der Waals surface area contributed by atoms with E-state index in [2.05, 4.69) is 10.3 Å². The van der Waals surface area contributed by atoms with E-state index >= 15 is 0 Å². The van der Waals surface area contributed by atoms with Gasteiger partial charge in [-0.2, -0.15) is 5.06 Å². The van der Waals surface area contributed by atoms with E-state index in [1.165, 1.54) is 5.06 Å². The SMILES string of the molecule is CC1(C)c2nnn(O)c2C(C)(C)N1O.